The first-order valence-electron chi connectivity index (χ1n) is 5.51. The minimum Gasteiger partial charge on any atom is -0.497 e. The Labute approximate surface area is 95.1 Å². The predicted octanol–water partition coefficient (Wildman–Crippen LogP) is 0.775. The molecule has 2 atom stereocenters. The maximum absolute atomic E-state index is 5.78. The molecule has 0 amide bonds. The first-order valence-corrected chi connectivity index (χ1v) is 5.51. The van der Waals surface area contributed by atoms with Crippen LogP contribution in [0.15, 0.2) is 35.0 Å². The summed E-state index contributed by atoms with van der Waals surface area (Å²) in [6.07, 6.45) is 5.74. The molecule has 0 aliphatic carbocycles. The van der Waals surface area contributed by atoms with Gasteiger partial charge < -0.3 is 14.0 Å². The average Bonchev–Trinajstić information content (AvgIpc) is 2.49. The highest BCUT2D eigenvalue weighted by atomic mass is 16.6. The molecule has 3 aliphatic rings. The Balaban J connectivity index is 2.06. The third-order valence-electron chi connectivity index (χ3n) is 3.18. The summed E-state index contributed by atoms with van der Waals surface area (Å²) in [7, 11) is 1.61. The van der Waals surface area contributed by atoms with Crippen LogP contribution >= 0.6 is 0 Å². The van der Waals surface area contributed by atoms with Crippen molar-refractivity contribution in [2.24, 2.45) is 0 Å². The predicted molar refractivity (Wildman–Crippen MR) is 60.4 cm³/mol. The summed E-state index contributed by atoms with van der Waals surface area (Å²) in [5, 5.41) is 3.08. The molecule has 5 heteroatoms. The summed E-state index contributed by atoms with van der Waals surface area (Å²) >= 11 is 0. The van der Waals surface area contributed by atoms with Crippen LogP contribution in [0.5, 0.6) is 0 Å². The van der Waals surface area contributed by atoms with Gasteiger partial charge in [-0.3, -0.25) is 5.32 Å². The van der Waals surface area contributed by atoms with Gasteiger partial charge in [0.15, 0.2) is 0 Å². The smallest absolute Gasteiger partial charge is 0.496 e. The van der Waals surface area contributed by atoms with Crippen LogP contribution in [0.4, 0.5) is 0 Å². The minimum atomic E-state index is -0.256. The lowest BCUT2D eigenvalue weighted by Gasteiger charge is -2.24. The van der Waals surface area contributed by atoms with Gasteiger partial charge in [-0.2, -0.15) is 0 Å². The van der Waals surface area contributed by atoms with Crippen LogP contribution in [0.25, 0.3) is 0 Å². The third-order valence-corrected chi connectivity index (χ3v) is 3.18. The highest BCUT2D eigenvalue weighted by Crippen LogP contribution is 2.36. The van der Waals surface area contributed by atoms with Crippen LogP contribution in [-0.4, -0.2) is 33.1 Å². The van der Waals surface area contributed by atoms with E-state index in [1.807, 2.05) is 20.0 Å². The van der Waals surface area contributed by atoms with Crippen LogP contribution in [-0.2, 0) is 14.0 Å². The van der Waals surface area contributed by atoms with Gasteiger partial charge in [-0.1, -0.05) is 0 Å². The zero-order chi connectivity index (χ0) is 11.1. The van der Waals surface area contributed by atoms with Gasteiger partial charge in [-0.25, -0.2) is 0 Å². The van der Waals surface area contributed by atoms with Crippen molar-refractivity contribution in [1.82, 2.24) is 5.32 Å². The number of nitrogens with one attached hydrogen (secondary N) is 1. The quantitative estimate of drug-likeness (QED) is 0.661. The van der Waals surface area contributed by atoms with E-state index in [-0.39, 0.29) is 19.5 Å². The van der Waals surface area contributed by atoms with Crippen molar-refractivity contribution in [1.29, 1.82) is 0 Å². The van der Waals surface area contributed by atoms with Crippen molar-refractivity contribution in [3.63, 3.8) is 0 Å². The molecular weight excluding hydrogens is 205 g/mol. The number of ether oxygens (including phenoxy) is 1. The summed E-state index contributed by atoms with van der Waals surface area (Å²) < 4.78 is 17.0. The lowest BCUT2D eigenvalue weighted by atomic mass is 9.71. The SMILES string of the molecule is CNC1C=C2C=COCC3=C2B(O1)OC3C. The van der Waals surface area contributed by atoms with Gasteiger partial charge in [0.2, 0.25) is 0 Å². The van der Waals surface area contributed by atoms with Gasteiger partial charge in [0.1, 0.15) is 12.8 Å². The van der Waals surface area contributed by atoms with Gasteiger partial charge in [-0.15, -0.1) is 0 Å². The molecule has 3 aliphatic heterocycles. The Morgan fingerprint density at radius 3 is 3.12 bits per heavy atom. The van der Waals surface area contributed by atoms with Gasteiger partial charge in [0.05, 0.1) is 12.4 Å². The molecule has 0 spiro atoms. The molecule has 0 bridgehead atoms. The Morgan fingerprint density at radius 2 is 2.31 bits per heavy atom. The number of allylic oxidation sites excluding steroid dienone is 3. The van der Waals surface area contributed by atoms with E-state index in [9.17, 15) is 0 Å². The monoisotopic (exact) mass is 219 g/mol. The van der Waals surface area contributed by atoms with Gasteiger partial charge >= 0.3 is 7.12 Å². The molecule has 16 heavy (non-hydrogen) atoms. The van der Waals surface area contributed by atoms with Crippen LogP contribution < -0.4 is 5.32 Å². The molecular formula is C11H14BNO3. The Bertz CT molecular complexity index is 402. The van der Waals surface area contributed by atoms with Crippen LogP contribution in [0.2, 0.25) is 0 Å². The molecule has 0 radical (unpaired) electrons. The van der Waals surface area contributed by atoms with E-state index < -0.39 is 0 Å². The summed E-state index contributed by atoms with van der Waals surface area (Å²) in [6.45, 7) is 2.62. The van der Waals surface area contributed by atoms with E-state index in [0.29, 0.717) is 6.61 Å². The Morgan fingerprint density at radius 1 is 1.44 bits per heavy atom. The number of likely N-dealkylation sites (N-methyl/N-ethyl adjacent to an activating group) is 1. The normalized spacial score (nSPS) is 32.1. The highest BCUT2D eigenvalue weighted by molar-refractivity contribution is 6.57. The number of rotatable bonds is 1. The second kappa shape index (κ2) is 3.77. The minimum absolute atomic E-state index is 0.0684. The van der Waals surface area contributed by atoms with Crippen LogP contribution in [0, 0.1) is 0 Å². The second-order valence-electron chi connectivity index (χ2n) is 4.13. The zero-order valence-corrected chi connectivity index (χ0v) is 9.40. The molecule has 4 nitrogen and oxygen atoms in total. The van der Waals surface area contributed by atoms with Gasteiger partial charge in [-0.05, 0) is 42.7 Å². The Hall–Kier alpha value is -1.04. The van der Waals surface area contributed by atoms with E-state index in [2.05, 4.69) is 11.4 Å². The molecule has 0 fully saturated rings. The zero-order valence-electron chi connectivity index (χ0n) is 9.40. The summed E-state index contributed by atoms with van der Waals surface area (Å²) in [5.74, 6) is 0. The fourth-order valence-electron chi connectivity index (χ4n) is 2.30. The first kappa shape index (κ1) is 10.1. The molecule has 0 aromatic carbocycles. The maximum atomic E-state index is 5.78. The Kier molecular flexibility index (Phi) is 2.39. The fourth-order valence-corrected chi connectivity index (χ4v) is 2.30. The van der Waals surface area contributed by atoms with Crippen molar-refractivity contribution < 1.29 is 14.0 Å². The van der Waals surface area contributed by atoms with E-state index >= 15 is 0 Å². The molecule has 1 N–H and O–H groups in total. The first-order chi connectivity index (χ1) is 7.79. The van der Waals surface area contributed by atoms with E-state index in [4.69, 9.17) is 14.0 Å². The number of hydrogen-bond acceptors (Lipinski definition) is 4. The average molecular weight is 219 g/mol. The lowest BCUT2D eigenvalue weighted by Crippen LogP contribution is -2.39. The second-order valence-corrected chi connectivity index (χ2v) is 4.13. The molecule has 3 heterocycles. The van der Waals surface area contributed by atoms with Gasteiger partial charge in [0, 0.05) is 0 Å². The van der Waals surface area contributed by atoms with E-state index in [0.717, 1.165) is 11.0 Å². The van der Waals surface area contributed by atoms with Crippen molar-refractivity contribution >= 4 is 7.12 Å². The molecule has 0 saturated carbocycles. The standard InChI is InChI=1S/C11H14BNO3/c1-7-9-6-14-4-3-8-5-10(13-2)16-12(15-7)11(8)9/h3-5,7,10,13H,6H2,1-2H3. The lowest BCUT2D eigenvalue weighted by molar-refractivity contribution is 0.136. The summed E-state index contributed by atoms with van der Waals surface area (Å²) in [4.78, 5) is 0. The van der Waals surface area contributed by atoms with Crippen LogP contribution in [0.1, 0.15) is 6.92 Å². The summed E-state index contributed by atoms with van der Waals surface area (Å²) in [6, 6.07) is 0. The number of hydrogen-bond donors (Lipinski definition) is 1. The molecule has 2 unspecified atom stereocenters. The molecule has 3 rings (SSSR count). The maximum Gasteiger partial charge on any atom is 0.496 e. The van der Waals surface area contributed by atoms with Crippen molar-refractivity contribution in [2.75, 3.05) is 13.7 Å². The molecule has 0 saturated heterocycles. The largest absolute Gasteiger partial charge is 0.497 e. The van der Waals surface area contributed by atoms with Crippen molar-refractivity contribution in [3.05, 3.63) is 35.0 Å². The van der Waals surface area contributed by atoms with Crippen molar-refractivity contribution in [3.8, 4) is 0 Å². The highest BCUT2D eigenvalue weighted by Gasteiger charge is 2.43. The van der Waals surface area contributed by atoms with Crippen LogP contribution in [0.3, 0.4) is 0 Å². The van der Waals surface area contributed by atoms with Gasteiger partial charge in [0.25, 0.3) is 0 Å². The third kappa shape index (κ3) is 1.43. The van der Waals surface area contributed by atoms with E-state index in [1.165, 1.54) is 5.57 Å². The summed E-state index contributed by atoms with van der Waals surface area (Å²) in [5.41, 5.74) is 3.48. The molecule has 0 aromatic rings. The molecule has 0 aromatic heterocycles. The topological polar surface area (TPSA) is 39.7 Å². The van der Waals surface area contributed by atoms with Crippen molar-refractivity contribution in [2.45, 2.75) is 19.3 Å². The van der Waals surface area contributed by atoms with E-state index in [1.54, 1.807) is 6.26 Å². The fraction of sp³-hybridized carbons (Fsp3) is 0.455. The molecule has 84 valence electrons.